The average molecular weight is 324 g/mol. The van der Waals surface area contributed by atoms with Gasteiger partial charge in [0.15, 0.2) is 11.5 Å². The Labute approximate surface area is 140 Å². The molecule has 0 aromatic carbocycles. The number of aryl methyl sites for hydroxylation is 3. The first kappa shape index (κ1) is 14.8. The highest BCUT2D eigenvalue weighted by Gasteiger charge is 2.21. The third-order valence-electron chi connectivity index (χ3n) is 4.36. The molecule has 1 aliphatic rings. The van der Waals surface area contributed by atoms with E-state index in [0.29, 0.717) is 0 Å². The Kier molecular flexibility index (Phi) is 3.51. The zero-order valence-corrected chi connectivity index (χ0v) is 14.1. The van der Waals surface area contributed by atoms with Gasteiger partial charge >= 0.3 is 0 Å². The third-order valence-corrected chi connectivity index (χ3v) is 4.36. The summed E-state index contributed by atoms with van der Waals surface area (Å²) >= 11 is 0. The lowest BCUT2D eigenvalue weighted by atomic mass is 10.3. The predicted octanol–water partition coefficient (Wildman–Crippen LogP) is 1.17. The first-order chi connectivity index (χ1) is 11.6. The Bertz CT molecular complexity index is 879. The van der Waals surface area contributed by atoms with Crippen LogP contribution in [0.25, 0.3) is 5.65 Å². The molecule has 0 atom stereocenters. The molecule has 0 spiro atoms. The molecule has 4 rings (SSSR count). The van der Waals surface area contributed by atoms with E-state index in [9.17, 15) is 0 Å². The average Bonchev–Trinajstić information content (AvgIpc) is 2.98. The highest BCUT2D eigenvalue weighted by molar-refractivity contribution is 5.49. The SMILES string of the molecule is Cc1cnc(C)c(N2CCN(c3ccc4nnc(C)n4n3)CC2)n1. The smallest absolute Gasteiger partial charge is 0.178 e. The molecule has 0 saturated carbocycles. The van der Waals surface area contributed by atoms with Gasteiger partial charge in [-0.05, 0) is 32.9 Å². The number of anilines is 2. The van der Waals surface area contributed by atoms with Crippen molar-refractivity contribution in [2.24, 2.45) is 0 Å². The molecule has 0 aliphatic carbocycles. The number of aromatic nitrogens is 6. The molecule has 24 heavy (non-hydrogen) atoms. The van der Waals surface area contributed by atoms with E-state index in [0.717, 1.165) is 60.7 Å². The van der Waals surface area contributed by atoms with Crippen LogP contribution in [0.1, 0.15) is 17.2 Å². The highest BCUT2D eigenvalue weighted by Crippen LogP contribution is 2.20. The maximum Gasteiger partial charge on any atom is 0.178 e. The van der Waals surface area contributed by atoms with Crippen LogP contribution in [0.5, 0.6) is 0 Å². The maximum absolute atomic E-state index is 4.66. The number of nitrogens with zero attached hydrogens (tertiary/aromatic N) is 8. The summed E-state index contributed by atoms with van der Waals surface area (Å²) in [5.41, 5.74) is 2.71. The third kappa shape index (κ3) is 2.53. The molecule has 4 heterocycles. The van der Waals surface area contributed by atoms with Crippen LogP contribution < -0.4 is 9.80 Å². The summed E-state index contributed by atoms with van der Waals surface area (Å²) in [5, 5.41) is 12.8. The van der Waals surface area contributed by atoms with E-state index in [1.807, 2.05) is 39.1 Å². The maximum atomic E-state index is 4.66. The molecule has 0 unspecified atom stereocenters. The monoisotopic (exact) mass is 324 g/mol. The molecule has 3 aromatic heterocycles. The molecule has 3 aromatic rings. The number of hydrogen-bond acceptors (Lipinski definition) is 7. The van der Waals surface area contributed by atoms with Crippen molar-refractivity contribution in [3.63, 3.8) is 0 Å². The van der Waals surface area contributed by atoms with Gasteiger partial charge in [0, 0.05) is 32.4 Å². The van der Waals surface area contributed by atoms with Crippen LogP contribution in [0.4, 0.5) is 11.6 Å². The van der Waals surface area contributed by atoms with Gasteiger partial charge in [0.1, 0.15) is 11.6 Å². The van der Waals surface area contributed by atoms with E-state index in [-0.39, 0.29) is 0 Å². The van der Waals surface area contributed by atoms with Gasteiger partial charge in [-0.15, -0.1) is 15.3 Å². The van der Waals surface area contributed by atoms with Crippen molar-refractivity contribution < 1.29 is 0 Å². The van der Waals surface area contributed by atoms with E-state index in [4.69, 9.17) is 0 Å². The molecule has 1 saturated heterocycles. The fraction of sp³-hybridized carbons (Fsp3) is 0.438. The quantitative estimate of drug-likeness (QED) is 0.700. The predicted molar refractivity (Wildman–Crippen MR) is 91.5 cm³/mol. The van der Waals surface area contributed by atoms with Crippen LogP contribution in [-0.4, -0.2) is 56.0 Å². The summed E-state index contributed by atoms with van der Waals surface area (Å²) < 4.78 is 1.79. The van der Waals surface area contributed by atoms with Crippen LogP contribution in [0.3, 0.4) is 0 Å². The summed E-state index contributed by atoms with van der Waals surface area (Å²) in [4.78, 5) is 13.7. The topological polar surface area (TPSA) is 75.3 Å². The fourth-order valence-electron chi connectivity index (χ4n) is 3.03. The van der Waals surface area contributed by atoms with Crippen molar-refractivity contribution >= 4 is 17.3 Å². The van der Waals surface area contributed by atoms with Gasteiger partial charge in [0.2, 0.25) is 0 Å². The van der Waals surface area contributed by atoms with Crippen LogP contribution in [0, 0.1) is 20.8 Å². The summed E-state index contributed by atoms with van der Waals surface area (Å²) in [6.07, 6.45) is 1.82. The van der Waals surface area contributed by atoms with Gasteiger partial charge in [-0.3, -0.25) is 4.98 Å². The van der Waals surface area contributed by atoms with Crippen molar-refractivity contribution in [3.05, 3.63) is 35.5 Å². The molecule has 0 N–H and O–H groups in total. The molecule has 1 aliphatic heterocycles. The second kappa shape index (κ2) is 5.70. The number of piperazine rings is 1. The highest BCUT2D eigenvalue weighted by atomic mass is 15.4. The zero-order valence-electron chi connectivity index (χ0n) is 14.1. The minimum absolute atomic E-state index is 0.778. The van der Waals surface area contributed by atoms with E-state index in [2.05, 4.69) is 35.1 Å². The minimum Gasteiger partial charge on any atom is -0.352 e. The van der Waals surface area contributed by atoms with Gasteiger partial charge in [0.05, 0.1) is 11.4 Å². The van der Waals surface area contributed by atoms with Crippen molar-refractivity contribution in [2.75, 3.05) is 36.0 Å². The van der Waals surface area contributed by atoms with E-state index in [1.54, 1.807) is 4.52 Å². The lowest BCUT2D eigenvalue weighted by molar-refractivity contribution is 0.632. The lowest BCUT2D eigenvalue weighted by Crippen LogP contribution is -2.47. The number of rotatable bonds is 2. The lowest BCUT2D eigenvalue weighted by Gasteiger charge is -2.36. The summed E-state index contributed by atoms with van der Waals surface area (Å²) in [6.45, 7) is 9.50. The number of fused-ring (bicyclic) bond motifs is 1. The van der Waals surface area contributed by atoms with Gasteiger partial charge in [-0.1, -0.05) is 0 Å². The second-order valence-corrected chi connectivity index (χ2v) is 6.10. The molecule has 8 heteroatoms. The Morgan fingerprint density at radius 1 is 0.917 bits per heavy atom. The molecule has 8 nitrogen and oxygen atoms in total. The van der Waals surface area contributed by atoms with Crippen molar-refractivity contribution in [1.82, 2.24) is 29.8 Å². The molecular formula is C16H20N8. The van der Waals surface area contributed by atoms with Crippen molar-refractivity contribution in [2.45, 2.75) is 20.8 Å². The Morgan fingerprint density at radius 2 is 1.67 bits per heavy atom. The summed E-state index contributed by atoms with van der Waals surface area (Å²) in [6, 6.07) is 3.97. The summed E-state index contributed by atoms with van der Waals surface area (Å²) in [7, 11) is 0. The van der Waals surface area contributed by atoms with Gasteiger partial charge < -0.3 is 9.80 Å². The standard InChI is InChI=1S/C16H20N8/c1-11-10-17-12(2)16(18-11)23-8-6-22(7-9-23)15-5-4-14-20-19-13(3)24(14)21-15/h4-5,10H,6-9H2,1-3H3. The van der Waals surface area contributed by atoms with E-state index >= 15 is 0 Å². The fourth-order valence-corrected chi connectivity index (χ4v) is 3.03. The molecular weight excluding hydrogens is 304 g/mol. The van der Waals surface area contributed by atoms with Crippen LogP contribution in [0.15, 0.2) is 18.3 Å². The molecule has 124 valence electrons. The van der Waals surface area contributed by atoms with Crippen molar-refractivity contribution in [1.29, 1.82) is 0 Å². The largest absolute Gasteiger partial charge is 0.352 e. The summed E-state index contributed by atoms with van der Waals surface area (Å²) in [5.74, 6) is 2.75. The number of hydrogen-bond donors (Lipinski definition) is 0. The molecule has 0 amide bonds. The zero-order chi connectivity index (χ0) is 16.7. The van der Waals surface area contributed by atoms with Crippen molar-refractivity contribution in [3.8, 4) is 0 Å². The van der Waals surface area contributed by atoms with Crippen LogP contribution in [-0.2, 0) is 0 Å². The minimum atomic E-state index is 0.778. The van der Waals surface area contributed by atoms with Gasteiger partial charge in [-0.25, -0.2) is 4.98 Å². The molecule has 0 radical (unpaired) electrons. The first-order valence-corrected chi connectivity index (χ1v) is 8.11. The van der Waals surface area contributed by atoms with Gasteiger partial charge in [0.25, 0.3) is 0 Å². The van der Waals surface area contributed by atoms with Crippen LogP contribution >= 0.6 is 0 Å². The van der Waals surface area contributed by atoms with Gasteiger partial charge in [-0.2, -0.15) is 4.52 Å². The first-order valence-electron chi connectivity index (χ1n) is 8.11. The Balaban J connectivity index is 1.52. The molecule has 0 bridgehead atoms. The Morgan fingerprint density at radius 3 is 2.46 bits per heavy atom. The molecule has 1 fully saturated rings. The second-order valence-electron chi connectivity index (χ2n) is 6.10. The van der Waals surface area contributed by atoms with Crippen LogP contribution in [0.2, 0.25) is 0 Å². The Hall–Kier alpha value is -2.77. The normalized spacial score (nSPS) is 15.3. The van der Waals surface area contributed by atoms with E-state index in [1.165, 1.54) is 0 Å². The van der Waals surface area contributed by atoms with E-state index < -0.39 is 0 Å².